The van der Waals surface area contributed by atoms with Crippen LogP contribution in [0.3, 0.4) is 0 Å². The number of morpholine rings is 1. The van der Waals surface area contributed by atoms with Crippen molar-refractivity contribution in [3.05, 3.63) is 28.5 Å². The van der Waals surface area contributed by atoms with E-state index in [2.05, 4.69) is 31.9 Å². The lowest BCUT2D eigenvalue weighted by Crippen LogP contribution is -2.37. The molecule has 1 fully saturated rings. The highest BCUT2D eigenvalue weighted by molar-refractivity contribution is 9.10. The van der Waals surface area contributed by atoms with Crippen LogP contribution in [0.15, 0.2) is 22.9 Å². The molecule has 3 nitrogen and oxygen atoms in total. The highest BCUT2D eigenvalue weighted by atomic mass is 79.9. The van der Waals surface area contributed by atoms with E-state index >= 15 is 0 Å². The van der Waals surface area contributed by atoms with E-state index in [9.17, 15) is 0 Å². The summed E-state index contributed by atoms with van der Waals surface area (Å²) in [6.07, 6.45) is 3.00. The van der Waals surface area contributed by atoms with Crippen molar-refractivity contribution >= 4 is 15.9 Å². The minimum absolute atomic E-state index is 0.874. The van der Waals surface area contributed by atoms with Crippen molar-refractivity contribution in [3.8, 4) is 0 Å². The molecule has 82 valence electrons. The first-order valence-electron chi connectivity index (χ1n) is 5.25. The van der Waals surface area contributed by atoms with Gasteiger partial charge in [-0.1, -0.05) is 6.07 Å². The normalized spacial score (nSPS) is 17.9. The second-order valence-electron chi connectivity index (χ2n) is 3.69. The maximum atomic E-state index is 5.31. The molecule has 2 heterocycles. The molecule has 2 rings (SSSR count). The number of nitrogens with zero attached hydrogens (tertiary/aromatic N) is 2. The largest absolute Gasteiger partial charge is 0.379 e. The average molecular weight is 271 g/mol. The summed E-state index contributed by atoms with van der Waals surface area (Å²) < 4.78 is 6.21. The number of rotatable bonds is 3. The predicted octanol–water partition coefficient (Wildman–Crippen LogP) is 1.72. The summed E-state index contributed by atoms with van der Waals surface area (Å²) >= 11 is 3.34. The second kappa shape index (κ2) is 5.58. The van der Waals surface area contributed by atoms with Crippen molar-refractivity contribution < 1.29 is 4.74 Å². The van der Waals surface area contributed by atoms with E-state index in [1.54, 1.807) is 0 Å². The zero-order valence-electron chi connectivity index (χ0n) is 8.66. The Labute approximate surface area is 98.6 Å². The van der Waals surface area contributed by atoms with Gasteiger partial charge in [0.25, 0.3) is 0 Å². The van der Waals surface area contributed by atoms with Gasteiger partial charge in [-0.3, -0.25) is 4.90 Å². The molecule has 0 unspecified atom stereocenters. The number of ether oxygens (including phenoxy) is 1. The van der Waals surface area contributed by atoms with Crippen molar-refractivity contribution in [2.24, 2.45) is 0 Å². The summed E-state index contributed by atoms with van der Waals surface area (Å²) in [5, 5.41) is 0. The smallest absolute Gasteiger partial charge is 0.106 e. The molecule has 1 aliphatic rings. The van der Waals surface area contributed by atoms with Crippen LogP contribution in [-0.2, 0) is 11.2 Å². The van der Waals surface area contributed by atoms with E-state index < -0.39 is 0 Å². The molecular formula is C11H15BrN2O. The standard InChI is InChI=1S/C11H15BrN2O/c12-11-2-1-10(9-13-11)3-4-14-5-7-15-8-6-14/h1-2,9H,3-8H2. The quantitative estimate of drug-likeness (QED) is 0.783. The first-order chi connectivity index (χ1) is 7.34. The molecule has 0 bridgehead atoms. The minimum atomic E-state index is 0.874. The van der Waals surface area contributed by atoms with Gasteiger partial charge >= 0.3 is 0 Å². The first-order valence-corrected chi connectivity index (χ1v) is 6.04. The van der Waals surface area contributed by atoms with Gasteiger partial charge in [0, 0.05) is 25.8 Å². The summed E-state index contributed by atoms with van der Waals surface area (Å²) in [5.41, 5.74) is 1.30. The maximum Gasteiger partial charge on any atom is 0.106 e. The third-order valence-corrected chi connectivity index (χ3v) is 3.08. The highest BCUT2D eigenvalue weighted by Gasteiger charge is 2.09. The summed E-state index contributed by atoms with van der Waals surface area (Å²) in [5.74, 6) is 0. The van der Waals surface area contributed by atoms with Crippen LogP contribution in [0.25, 0.3) is 0 Å². The fraction of sp³-hybridized carbons (Fsp3) is 0.545. The SMILES string of the molecule is Brc1ccc(CCN2CCOCC2)cn1. The summed E-state index contributed by atoms with van der Waals surface area (Å²) in [4.78, 5) is 6.65. The van der Waals surface area contributed by atoms with E-state index in [0.29, 0.717) is 0 Å². The van der Waals surface area contributed by atoms with E-state index in [4.69, 9.17) is 4.74 Å². The van der Waals surface area contributed by atoms with Crippen LogP contribution in [0.1, 0.15) is 5.56 Å². The fourth-order valence-corrected chi connectivity index (χ4v) is 1.90. The van der Waals surface area contributed by atoms with Gasteiger partial charge in [0.05, 0.1) is 13.2 Å². The number of halogens is 1. The zero-order chi connectivity index (χ0) is 10.5. The van der Waals surface area contributed by atoms with Gasteiger partial charge in [-0.15, -0.1) is 0 Å². The van der Waals surface area contributed by atoms with Crippen LogP contribution in [0.5, 0.6) is 0 Å². The van der Waals surface area contributed by atoms with Gasteiger partial charge in [-0.25, -0.2) is 4.98 Å². The fourth-order valence-electron chi connectivity index (χ4n) is 1.67. The van der Waals surface area contributed by atoms with Gasteiger partial charge in [0.1, 0.15) is 4.60 Å². The molecule has 15 heavy (non-hydrogen) atoms. The number of hydrogen-bond donors (Lipinski definition) is 0. The molecule has 1 saturated heterocycles. The molecule has 1 aliphatic heterocycles. The molecule has 0 saturated carbocycles. The number of hydrogen-bond acceptors (Lipinski definition) is 3. The highest BCUT2D eigenvalue weighted by Crippen LogP contribution is 2.07. The summed E-state index contributed by atoms with van der Waals surface area (Å²) in [6.45, 7) is 4.97. The third kappa shape index (κ3) is 3.55. The molecule has 0 spiro atoms. The van der Waals surface area contributed by atoms with Crippen LogP contribution in [0.2, 0.25) is 0 Å². The Morgan fingerprint density at radius 1 is 1.33 bits per heavy atom. The van der Waals surface area contributed by atoms with E-state index in [-0.39, 0.29) is 0 Å². The van der Waals surface area contributed by atoms with Crippen LogP contribution >= 0.6 is 15.9 Å². The zero-order valence-corrected chi connectivity index (χ0v) is 10.2. The minimum Gasteiger partial charge on any atom is -0.379 e. The topological polar surface area (TPSA) is 25.4 Å². The Hall–Kier alpha value is -0.450. The molecule has 1 aromatic rings. The van der Waals surface area contributed by atoms with Crippen LogP contribution in [-0.4, -0.2) is 42.7 Å². The molecule has 0 amide bonds. The Morgan fingerprint density at radius 3 is 2.80 bits per heavy atom. The third-order valence-electron chi connectivity index (χ3n) is 2.61. The lowest BCUT2D eigenvalue weighted by atomic mass is 10.2. The van der Waals surface area contributed by atoms with Crippen LogP contribution < -0.4 is 0 Å². The molecule has 0 N–H and O–H groups in total. The summed E-state index contributed by atoms with van der Waals surface area (Å²) in [7, 11) is 0. The van der Waals surface area contributed by atoms with E-state index in [1.165, 1.54) is 5.56 Å². The lowest BCUT2D eigenvalue weighted by molar-refractivity contribution is 0.0384. The van der Waals surface area contributed by atoms with Crippen molar-refractivity contribution in [1.82, 2.24) is 9.88 Å². The molecule has 0 atom stereocenters. The van der Waals surface area contributed by atoms with Crippen molar-refractivity contribution in [1.29, 1.82) is 0 Å². The predicted molar refractivity (Wildman–Crippen MR) is 62.9 cm³/mol. The van der Waals surface area contributed by atoms with E-state index in [1.807, 2.05) is 12.3 Å². The van der Waals surface area contributed by atoms with Gasteiger partial charge in [0.15, 0.2) is 0 Å². The molecule has 0 aliphatic carbocycles. The Bertz CT molecular complexity index is 296. The molecule has 1 aromatic heterocycles. The Kier molecular flexibility index (Phi) is 4.11. The molecule has 0 radical (unpaired) electrons. The van der Waals surface area contributed by atoms with E-state index in [0.717, 1.165) is 43.9 Å². The summed E-state index contributed by atoms with van der Waals surface area (Å²) in [6, 6.07) is 4.12. The maximum absolute atomic E-state index is 5.31. The van der Waals surface area contributed by atoms with Gasteiger partial charge < -0.3 is 4.74 Å². The Morgan fingerprint density at radius 2 is 2.13 bits per heavy atom. The van der Waals surface area contributed by atoms with Crippen LogP contribution in [0.4, 0.5) is 0 Å². The molecular weight excluding hydrogens is 256 g/mol. The molecule has 4 heteroatoms. The van der Waals surface area contributed by atoms with Crippen molar-refractivity contribution in [3.63, 3.8) is 0 Å². The Balaban J connectivity index is 1.79. The second-order valence-corrected chi connectivity index (χ2v) is 4.51. The monoisotopic (exact) mass is 270 g/mol. The lowest BCUT2D eigenvalue weighted by Gasteiger charge is -2.26. The number of pyridine rings is 1. The van der Waals surface area contributed by atoms with Crippen LogP contribution in [0, 0.1) is 0 Å². The van der Waals surface area contributed by atoms with Gasteiger partial charge in [-0.2, -0.15) is 0 Å². The van der Waals surface area contributed by atoms with Gasteiger partial charge in [-0.05, 0) is 34.0 Å². The number of aromatic nitrogens is 1. The van der Waals surface area contributed by atoms with Gasteiger partial charge in [0.2, 0.25) is 0 Å². The van der Waals surface area contributed by atoms with Crippen molar-refractivity contribution in [2.45, 2.75) is 6.42 Å². The molecule has 0 aromatic carbocycles. The average Bonchev–Trinajstić information content (AvgIpc) is 2.30. The first kappa shape index (κ1) is 11.0. The van der Waals surface area contributed by atoms with Crippen molar-refractivity contribution in [2.75, 3.05) is 32.8 Å².